The Balaban J connectivity index is 1.45. The Labute approximate surface area is 209 Å². The molecular formula is C28H39N5O2. The van der Waals surface area contributed by atoms with Gasteiger partial charge in [-0.1, -0.05) is 25.8 Å². The normalized spacial score (nSPS) is 25.2. The van der Waals surface area contributed by atoms with Crippen LogP contribution in [0.15, 0.2) is 36.4 Å². The summed E-state index contributed by atoms with van der Waals surface area (Å²) < 4.78 is 0. The third kappa shape index (κ3) is 6.40. The van der Waals surface area contributed by atoms with Crippen LogP contribution in [0.1, 0.15) is 64.4 Å². The van der Waals surface area contributed by atoms with Gasteiger partial charge in [0.15, 0.2) is 5.82 Å². The third-order valence-electron chi connectivity index (χ3n) is 7.54. The Morgan fingerprint density at radius 1 is 1.14 bits per heavy atom. The summed E-state index contributed by atoms with van der Waals surface area (Å²) in [5, 5.41) is 19.5. The Hall–Kier alpha value is -2.93. The molecule has 0 aliphatic heterocycles. The maximum Gasteiger partial charge on any atom is 0.246 e. The number of rotatable bonds is 6. The van der Waals surface area contributed by atoms with Crippen LogP contribution in [0.3, 0.4) is 0 Å². The number of phenolic OH excluding ortho intramolecular Hbond substituents is 1. The number of anilines is 1. The molecule has 2 aromatic rings. The molecule has 7 heteroatoms. The van der Waals surface area contributed by atoms with Crippen molar-refractivity contribution in [2.45, 2.75) is 76.4 Å². The zero-order valence-corrected chi connectivity index (χ0v) is 21.4. The number of carbonyl (C=O) groups excluding carboxylic acids is 1. The molecule has 4 rings (SSSR count). The summed E-state index contributed by atoms with van der Waals surface area (Å²) in [6, 6.07) is 9.87. The molecular weight excluding hydrogens is 438 g/mol. The van der Waals surface area contributed by atoms with Gasteiger partial charge >= 0.3 is 0 Å². The lowest BCUT2D eigenvalue weighted by atomic mass is 9.80. The Bertz CT molecular complexity index is 1060. The van der Waals surface area contributed by atoms with Crippen LogP contribution in [0.4, 0.5) is 5.82 Å². The Morgan fingerprint density at radius 2 is 1.91 bits per heavy atom. The van der Waals surface area contributed by atoms with Gasteiger partial charge in [0, 0.05) is 43.4 Å². The molecule has 2 aliphatic carbocycles. The summed E-state index contributed by atoms with van der Waals surface area (Å²) in [4.78, 5) is 16.2. The van der Waals surface area contributed by atoms with E-state index in [-0.39, 0.29) is 17.2 Å². The van der Waals surface area contributed by atoms with Gasteiger partial charge < -0.3 is 20.6 Å². The van der Waals surface area contributed by atoms with Crippen molar-refractivity contribution in [1.82, 2.24) is 15.1 Å². The number of benzene rings is 1. The summed E-state index contributed by atoms with van der Waals surface area (Å²) in [5.41, 5.74) is 8.38. The van der Waals surface area contributed by atoms with Gasteiger partial charge in [-0.25, -0.2) is 0 Å². The number of likely N-dealkylation sites (N-methyl/N-ethyl adjacent to an activating group) is 1. The molecule has 2 aliphatic rings. The molecule has 35 heavy (non-hydrogen) atoms. The topological polar surface area (TPSA) is 95.6 Å². The lowest BCUT2D eigenvalue weighted by molar-refractivity contribution is -0.125. The minimum Gasteiger partial charge on any atom is -0.507 e. The predicted molar refractivity (Wildman–Crippen MR) is 141 cm³/mol. The minimum atomic E-state index is -0.174. The second-order valence-corrected chi connectivity index (χ2v) is 10.9. The molecule has 1 unspecified atom stereocenters. The average Bonchev–Trinajstić information content (AvgIpc) is 3.66. The van der Waals surface area contributed by atoms with Crippen LogP contribution in [0.25, 0.3) is 17.3 Å². The average molecular weight is 478 g/mol. The van der Waals surface area contributed by atoms with E-state index in [0.717, 1.165) is 43.5 Å². The van der Waals surface area contributed by atoms with Gasteiger partial charge in [0.25, 0.3) is 0 Å². The number of aromatic hydroxyl groups is 1. The van der Waals surface area contributed by atoms with E-state index in [1.54, 1.807) is 23.1 Å². The summed E-state index contributed by atoms with van der Waals surface area (Å²) >= 11 is 0. The highest BCUT2D eigenvalue weighted by molar-refractivity contribution is 5.92. The number of phenols is 1. The monoisotopic (exact) mass is 477 g/mol. The molecule has 0 saturated heterocycles. The molecule has 2 fully saturated rings. The van der Waals surface area contributed by atoms with Gasteiger partial charge in [-0.15, -0.1) is 10.2 Å². The molecule has 1 amide bonds. The standard InChI is InChI=1S/C28H39N5O2/c1-19-6-5-15-28(2,29)18-22(16-19)32(3)26-13-12-24(30-31-26)23-11-7-20(17-25(23)34)8-14-27(35)33(4)21-9-10-21/h7-8,11-14,17,19,21-22,34H,5-6,9-10,15-16,18,29H2,1-4H3/b14-8+/t19?,22-,28+/m0/s1. The van der Waals surface area contributed by atoms with E-state index in [0.29, 0.717) is 29.3 Å². The van der Waals surface area contributed by atoms with E-state index < -0.39 is 0 Å². The maximum absolute atomic E-state index is 12.2. The smallest absolute Gasteiger partial charge is 0.246 e. The minimum absolute atomic E-state index is 0.0183. The molecule has 2 saturated carbocycles. The Morgan fingerprint density at radius 3 is 2.57 bits per heavy atom. The number of aromatic nitrogens is 2. The van der Waals surface area contributed by atoms with Crippen molar-refractivity contribution in [2.75, 3.05) is 19.0 Å². The summed E-state index contributed by atoms with van der Waals surface area (Å²) in [7, 11) is 3.90. The second-order valence-electron chi connectivity index (χ2n) is 10.9. The summed E-state index contributed by atoms with van der Waals surface area (Å²) in [6.45, 7) is 4.47. The molecule has 1 aromatic heterocycles. The van der Waals surface area contributed by atoms with Crippen LogP contribution in [0.2, 0.25) is 0 Å². The van der Waals surface area contributed by atoms with E-state index in [1.165, 1.54) is 12.8 Å². The first-order valence-corrected chi connectivity index (χ1v) is 12.8. The third-order valence-corrected chi connectivity index (χ3v) is 7.54. The van der Waals surface area contributed by atoms with Gasteiger partial charge in [-0.3, -0.25) is 4.79 Å². The van der Waals surface area contributed by atoms with Gasteiger partial charge in [0.2, 0.25) is 5.91 Å². The molecule has 0 bridgehead atoms. The highest BCUT2D eigenvalue weighted by Gasteiger charge is 2.31. The lowest BCUT2D eigenvalue weighted by Gasteiger charge is -2.39. The zero-order valence-electron chi connectivity index (χ0n) is 21.4. The number of amides is 1. The van der Waals surface area contributed by atoms with Crippen LogP contribution >= 0.6 is 0 Å². The van der Waals surface area contributed by atoms with E-state index >= 15 is 0 Å². The molecule has 3 N–H and O–H groups in total. The molecule has 0 radical (unpaired) electrons. The summed E-state index contributed by atoms with van der Waals surface area (Å²) in [6.07, 6.45) is 10.9. The van der Waals surface area contributed by atoms with Gasteiger partial charge in [0.1, 0.15) is 5.75 Å². The van der Waals surface area contributed by atoms with Crippen LogP contribution < -0.4 is 10.6 Å². The number of carbonyl (C=O) groups is 1. The molecule has 3 atom stereocenters. The van der Waals surface area contributed by atoms with Crippen molar-refractivity contribution >= 4 is 17.8 Å². The van der Waals surface area contributed by atoms with Crippen LogP contribution in [-0.4, -0.2) is 57.8 Å². The van der Waals surface area contributed by atoms with Crippen molar-refractivity contribution in [3.05, 3.63) is 42.0 Å². The van der Waals surface area contributed by atoms with E-state index in [1.807, 2.05) is 31.3 Å². The van der Waals surface area contributed by atoms with Gasteiger partial charge in [-0.2, -0.15) is 0 Å². The Kier molecular flexibility index (Phi) is 7.45. The fourth-order valence-electron chi connectivity index (χ4n) is 5.10. The maximum atomic E-state index is 12.2. The van der Waals surface area contributed by atoms with E-state index in [2.05, 4.69) is 36.0 Å². The number of hydrogen-bond acceptors (Lipinski definition) is 6. The lowest BCUT2D eigenvalue weighted by Crippen LogP contribution is -2.46. The van der Waals surface area contributed by atoms with Crippen molar-refractivity contribution in [3.63, 3.8) is 0 Å². The summed E-state index contributed by atoms with van der Waals surface area (Å²) in [5.74, 6) is 1.55. The first-order valence-electron chi connectivity index (χ1n) is 12.8. The number of nitrogens with two attached hydrogens (primary N) is 1. The largest absolute Gasteiger partial charge is 0.507 e. The van der Waals surface area contributed by atoms with Crippen LogP contribution in [0, 0.1) is 5.92 Å². The van der Waals surface area contributed by atoms with Crippen molar-refractivity contribution in [1.29, 1.82) is 0 Å². The van der Waals surface area contributed by atoms with Crippen LogP contribution in [-0.2, 0) is 4.79 Å². The molecule has 188 valence electrons. The molecule has 7 nitrogen and oxygen atoms in total. The second kappa shape index (κ2) is 10.4. The molecule has 1 aromatic carbocycles. The quantitative estimate of drug-likeness (QED) is 0.590. The van der Waals surface area contributed by atoms with E-state index in [9.17, 15) is 9.90 Å². The number of nitrogens with zero attached hydrogens (tertiary/aromatic N) is 4. The fourth-order valence-corrected chi connectivity index (χ4v) is 5.10. The van der Waals surface area contributed by atoms with Crippen molar-refractivity contribution in [2.24, 2.45) is 11.7 Å². The first kappa shape index (κ1) is 25.2. The van der Waals surface area contributed by atoms with Crippen LogP contribution in [0.5, 0.6) is 5.75 Å². The molecule has 0 spiro atoms. The number of hydrogen-bond donors (Lipinski definition) is 2. The first-order chi connectivity index (χ1) is 16.6. The van der Waals surface area contributed by atoms with Crippen molar-refractivity contribution in [3.8, 4) is 17.0 Å². The fraction of sp³-hybridized carbons (Fsp3) is 0.536. The zero-order chi connectivity index (χ0) is 25.2. The SMILES string of the molecule is CC1CCC[C@@](C)(N)C[C@@H](N(C)c2ccc(-c3ccc(/C=C/C(=O)N(C)C4CC4)cc3O)nn2)C1. The molecule has 1 heterocycles. The highest BCUT2D eigenvalue weighted by Crippen LogP contribution is 2.33. The van der Waals surface area contributed by atoms with Crippen molar-refractivity contribution < 1.29 is 9.90 Å². The van der Waals surface area contributed by atoms with Gasteiger partial charge in [-0.05, 0) is 80.9 Å². The van der Waals surface area contributed by atoms with E-state index in [4.69, 9.17) is 5.73 Å². The predicted octanol–water partition coefficient (Wildman–Crippen LogP) is 4.61. The highest BCUT2D eigenvalue weighted by atomic mass is 16.3. The van der Waals surface area contributed by atoms with Gasteiger partial charge in [0.05, 0.1) is 5.69 Å².